The Morgan fingerprint density at radius 2 is 1.59 bits per heavy atom. The lowest BCUT2D eigenvalue weighted by Gasteiger charge is -2.13. The normalized spacial score (nSPS) is 10.8. The largest absolute Gasteiger partial charge is 0.495 e. The van der Waals surface area contributed by atoms with Crippen molar-refractivity contribution < 1.29 is 18.7 Å². The molecule has 0 spiro atoms. The Morgan fingerprint density at radius 3 is 2.41 bits per heavy atom. The summed E-state index contributed by atoms with van der Waals surface area (Å²) >= 11 is 9.92. The molecule has 0 saturated carbocycles. The zero-order valence-corrected chi connectivity index (χ0v) is 23.5. The standard InChI is InChI=1S/C29H32N4O4S2/c1-35-27-18-21-20-12-6-8-14-24(20)37-26(21)19-23(27)32-29(38)30-16-10-4-2-3-5-11-17-36-25-15-9-7-13-22(25)31-28(34)33-39/h6-9,12-15,18-19H,2-5,10-11,16-17H2,1H3,(H,31,34)(H2,30,32,38). The number of benzene rings is 3. The van der Waals surface area contributed by atoms with E-state index in [9.17, 15) is 4.79 Å². The molecule has 3 aromatic carbocycles. The minimum absolute atomic E-state index is 0.554. The molecule has 8 nitrogen and oxygen atoms in total. The van der Waals surface area contributed by atoms with E-state index in [-0.39, 0.29) is 0 Å². The van der Waals surface area contributed by atoms with Crippen LogP contribution in [-0.4, -0.2) is 31.4 Å². The summed E-state index contributed by atoms with van der Waals surface area (Å²) in [5.74, 6) is 1.33. The van der Waals surface area contributed by atoms with Crippen molar-refractivity contribution in [2.45, 2.75) is 38.5 Å². The SMILES string of the molecule is COc1cc2c(cc1NC(=S)NCCCCCCCCOc1ccccc1NC(=O)N=S)oc1ccccc12. The smallest absolute Gasteiger partial charge is 0.356 e. The number of carbonyl (C=O) groups is 1. The van der Waals surface area contributed by atoms with Crippen molar-refractivity contribution in [3.05, 3.63) is 60.7 Å². The first-order valence-electron chi connectivity index (χ1n) is 13.0. The van der Waals surface area contributed by atoms with Gasteiger partial charge in [0, 0.05) is 35.8 Å². The molecule has 0 aliphatic carbocycles. The molecule has 0 bridgehead atoms. The van der Waals surface area contributed by atoms with Crippen LogP contribution in [0.1, 0.15) is 38.5 Å². The van der Waals surface area contributed by atoms with Gasteiger partial charge in [0.25, 0.3) is 0 Å². The molecule has 39 heavy (non-hydrogen) atoms. The number of nitrogens with one attached hydrogen (secondary N) is 3. The Bertz CT molecular complexity index is 1440. The molecule has 0 saturated heterocycles. The molecule has 0 aliphatic heterocycles. The second kappa shape index (κ2) is 14.4. The first-order chi connectivity index (χ1) is 19.1. The second-order valence-corrected chi connectivity index (χ2v) is 9.61. The van der Waals surface area contributed by atoms with Crippen LogP contribution < -0.4 is 25.4 Å². The van der Waals surface area contributed by atoms with Gasteiger partial charge in [0.2, 0.25) is 0 Å². The number of furan rings is 1. The monoisotopic (exact) mass is 564 g/mol. The molecule has 0 fully saturated rings. The van der Waals surface area contributed by atoms with Crippen molar-refractivity contribution in [2.24, 2.45) is 4.36 Å². The van der Waals surface area contributed by atoms with Gasteiger partial charge in [-0.2, -0.15) is 0 Å². The number of methoxy groups -OCH3 is 1. The number of carbonyl (C=O) groups excluding carboxylic acids is 1. The van der Waals surface area contributed by atoms with E-state index in [1.807, 2.05) is 54.6 Å². The Labute approximate surface area is 238 Å². The molecule has 3 N–H and O–H groups in total. The van der Waals surface area contributed by atoms with Gasteiger partial charge in [-0.25, -0.2) is 4.79 Å². The maximum Gasteiger partial charge on any atom is 0.356 e. The molecule has 10 heteroatoms. The van der Waals surface area contributed by atoms with Crippen LogP contribution in [0.3, 0.4) is 0 Å². The van der Waals surface area contributed by atoms with E-state index in [4.69, 9.17) is 26.1 Å². The van der Waals surface area contributed by atoms with E-state index < -0.39 is 6.03 Å². The van der Waals surface area contributed by atoms with Gasteiger partial charge in [-0.05, 0) is 49.3 Å². The number of para-hydroxylation sites is 3. The van der Waals surface area contributed by atoms with Crippen LogP contribution in [0.15, 0.2) is 69.4 Å². The highest BCUT2D eigenvalue weighted by molar-refractivity contribution is 7.80. The molecule has 1 aromatic heterocycles. The van der Waals surface area contributed by atoms with Crippen molar-refractivity contribution in [3.8, 4) is 11.5 Å². The Morgan fingerprint density at radius 1 is 0.846 bits per heavy atom. The molecule has 204 valence electrons. The molecule has 1 heterocycles. The number of rotatable bonds is 13. The van der Waals surface area contributed by atoms with Crippen LogP contribution in [0.25, 0.3) is 21.9 Å². The van der Waals surface area contributed by atoms with Gasteiger partial charge in [0.1, 0.15) is 22.7 Å². The lowest BCUT2D eigenvalue weighted by atomic mass is 10.1. The number of unbranched alkanes of at least 4 members (excludes halogenated alkanes) is 5. The fourth-order valence-corrected chi connectivity index (χ4v) is 4.59. The van der Waals surface area contributed by atoms with Gasteiger partial charge in [-0.3, -0.25) is 0 Å². The number of thiocarbonyl (C=S) groups is 1. The maximum absolute atomic E-state index is 11.4. The highest BCUT2D eigenvalue weighted by atomic mass is 32.1. The Kier molecular flexibility index (Phi) is 10.4. The van der Waals surface area contributed by atoms with Gasteiger partial charge in [0.15, 0.2) is 5.11 Å². The molecule has 0 atom stereocenters. The van der Waals surface area contributed by atoms with Crippen molar-refractivity contribution in [1.82, 2.24) is 5.32 Å². The van der Waals surface area contributed by atoms with Gasteiger partial charge in [0.05, 0.1) is 25.1 Å². The van der Waals surface area contributed by atoms with Crippen LogP contribution in [-0.2, 0) is 12.4 Å². The zero-order chi connectivity index (χ0) is 27.5. The summed E-state index contributed by atoms with van der Waals surface area (Å²) in [5, 5.41) is 11.8. The van der Waals surface area contributed by atoms with Crippen molar-refractivity contribution in [3.63, 3.8) is 0 Å². The average Bonchev–Trinajstić information content (AvgIpc) is 3.31. The van der Waals surface area contributed by atoms with Crippen LogP contribution in [0.5, 0.6) is 11.5 Å². The minimum Gasteiger partial charge on any atom is -0.495 e. The number of hydrogen-bond acceptors (Lipinski definition) is 6. The molecule has 2 amide bonds. The molecule has 4 aromatic rings. The third kappa shape index (κ3) is 7.87. The molecular weight excluding hydrogens is 532 g/mol. The second-order valence-electron chi connectivity index (χ2n) is 9.02. The summed E-state index contributed by atoms with van der Waals surface area (Å²) in [6, 6.07) is 18.6. The van der Waals surface area contributed by atoms with Crippen LogP contribution in [0.4, 0.5) is 16.2 Å². The number of hydrogen-bond donors (Lipinski definition) is 3. The van der Waals surface area contributed by atoms with E-state index in [1.165, 1.54) is 0 Å². The van der Waals surface area contributed by atoms with Gasteiger partial charge < -0.3 is 29.8 Å². The Balaban J connectivity index is 1.11. The predicted octanol–water partition coefficient (Wildman–Crippen LogP) is 7.56. The first kappa shape index (κ1) is 28.3. The lowest BCUT2D eigenvalue weighted by molar-refractivity contribution is 0.259. The van der Waals surface area contributed by atoms with Gasteiger partial charge >= 0.3 is 6.03 Å². The summed E-state index contributed by atoms with van der Waals surface area (Å²) in [7, 11) is 1.65. The maximum atomic E-state index is 11.4. The van der Waals surface area contributed by atoms with E-state index in [0.717, 1.165) is 72.7 Å². The molecule has 0 aliphatic rings. The van der Waals surface area contributed by atoms with E-state index in [1.54, 1.807) is 13.2 Å². The fraction of sp³-hybridized carbons (Fsp3) is 0.310. The average molecular weight is 565 g/mol. The van der Waals surface area contributed by atoms with E-state index in [2.05, 4.69) is 32.7 Å². The number of nitrogens with zero attached hydrogens (tertiary/aromatic N) is 1. The number of urea groups is 1. The fourth-order valence-electron chi connectivity index (χ4n) is 4.34. The predicted molar refractivity (Wildman–Crippen MR) is 163 cm³/mol. The minimum atomic E-state index is -0.573. The van der Waals surface area contributed by atoms with E-state index >= 15 is 0 Å². The molecule has 4 rings (SSSR count). The summed E-state index contributed by atoms with van der Waals surface area (Å²) < 4.78 is 20.6. The number of ether oxygens (including phenoxy) is 2. The van der Waals surface area contributed by atoms with Gasteiger partial charge in [-0.1, -0.05) is 56.0 Å². The van der Waals surface area contributed by atoms with Crippen molar-refractivity contribution >= 4 is 69.1 Å². The highest BCUT2D eigenvalue weighted by Crippen LogP contribution is 2.36. The summed E-state index contributed by atoms with van der Waals surface area (Å²) in [5.41, 5.74) is 2.97. The van der Waals surface area contributed by atoms with Crippen LogP contribution in [0.2, 0.25) is 0 Å². The molecular formula is C29H32N4O4S2. The van der Waals surface area contributed by atoms with Crippen molar-refractivity contribution in [2.75, 3.05) is 30.9 Å². The van der Waals surface area contributed by atoms with Crippen LogP contribution >= 0.6 is 12.2 Å². The number of anilines is 2. The van der Waals surface area contributed by atoms with Crippen molar-refractivity contribution in [1.29, 1.82) is 0 Å². The molecule has 0 unspecified atom stereocenters. The number of amides is 2. The Hall–Kier alpha value is -3.76. The zero-order valence-electron chi connectivity index (χ0n) is 21.8. The summed E-state index contributed by atoms with van der Waals surface area (Å²) in [6.45, 7) is 1.38. The summed E-state index contributed by atoms with van der Waals surface area (Å²) in [4.78, 5) is 11.4. The van der Waals surface area contributed by atoms with Crippen LogP contribution in [0, 0.1) is 0 Å². The lowest BCUT2D eigenvalue weighted by Crippen LogP contribution is -2.29. The van der Waals surface area contributed by atoms with Gasteiger partial charge in [-0.15, -0.1) is 4.36 Å². The number of fused-ring (bicyclic) bond motifs is 3. The highest BCUT2D eigenvalue weighted by Gasteiger charge is 2.13. The van der Waals surface area contributed by atoms with E-state index in [0.29, 0.717) is 28.9 Å². The quantitative estimate of drug-likeness (QED) is 0.113. The first-order valence-corrected chi connectivity index (χ1v) is 13.8. The summed E-state index contributed by atoms with van der Waals surface area (Å²) in [6.07, 6.45) is 6.44. The third-order valence-corrected chi connectivity index (χ3v) is 6.69. The molecule has 0 radical (unpaired) electrons. The topological polar surface area (TPSA) is 97.1 Å². The third-order valence-electron chi connectivity index (χ3n) is 6.27.